The number of nitrogens with zero attached hydrogens (tertiary/aromatic N) is 2. The lowest BCUT2D eigenvalue weighted by molar-refractivity contribution is 0.0984. The topological polar surface area (TPSA) is 33.2 Å². The van der Waals surface area contributed by atoms with Gasteiger partial charge in [0, 0.05) is 23.6 Å². The molecule has 0 saturated carbocycles. The highest BCUT2D eigenvalue weighted by Gasteiger charge is 2.19. The average molecular weight is 316 g/mol. The van der Waals surface area contributed by atoms with Crippen LogP contribution in [0, 0.1) is 13.8 Å². The van der Waals surface area contributed by atoms with E-state index in [0.717, 1.165) is 16.8 Å². The number of aryl methyl sites for hydroxylation is 2. The van der Waals surface area contributed by atoms with Gasteiger partial charge in [0.15, 0.2) is 0 Å². The van der Waals surface area contributed by atoms with Gasteiger partial charge in [-0.15, -0.1) is 0 Å². The van der Waals surface area contributed by atoms with Crippen molar-refractivity contribution >= 4 is 11.6 Å². The summed E-state index contributed by atoms with van der Waals surface area (Å²) in [4.78, 5) is 19.1. The van der Waals surface area contributed by atoms with Gasteiger partial charge in [-0.3, -0.25) is 9.78 Å². The molecule has 3 aromatic rings. The molecule has 0 spiro atoms. The number of carbonyl (C=O) groups is 1. The van der Waals surface area contributed by atoms with Crippen molar-refractivity contribution in [2.75, 3.05) is 4.90 Å². The van der Waals surface area contributed by atoms with Crippen LogP contribution in [-0.4, -0.2) is 10.9 Å². The zero-order valence-electron chi connectivity index (χ0n) is 13.9. The van der Waals surface area contributed by atoms with Crippen LogP contribution in [0.15, 0.2) is 73.1 Å². The van der Waals surface area contributed by atoms with E-state index in [0.29, 0.717) is 12.1 Å². The second kappa shape index (κ2) is 7.09. The van der Waals surface area contributed by atoms with Crippen LogP contribution in [0.1, 0.15) is 27.0 Å². The number of aromatic nitrogens is 1. The van der Waals surface area contributed by atoms with Crippen LogP contribution in [0.4, 0.5) is 5.69 Å². The van der Waals surface area contributed by atoms with Gasteiger partial charge in [0.05, 0.1) is 6.54 Å². The predicted molar refractivity (Wildman–Crippen MR) is 97.1 cm³/mol. The molecular weight excluding hydrogens is 296 g/mol. The molecule has 0 aliphatic heterocycles. The fourth-order valence-corrected chi connectivity index (χ4v) is 2.63. The van der Waals surface area contributed by atoms with Crippen LogP contribution in [0.25, 0.3) is 0 Å². The van der Waals surface area contributed by atoms with E-state index in [-0.39, 0.29) is 5.91 Å². The molecule has 120 valence electrons. The predicted octanol–water partition coefficient (Wildman–Crippen LogP) is 4.55. The first kappa shape index (κ1) is 15.9. The highest BCUT2D eigenvalue weighted by Crippen LogP contribution is 2.22. The van der Waals surface area contributed by atoms with Crippen LogP contribution < -0.4 is 4.90 Å². The van der Waals surface area contributed by atoms with Crippen LogP contribution in [0.5, 0.6) is 0 Å². The molecule has 0 saturated heterocycles. The zero-order chi connectivity index (χ0) is 16.9. The molecule has 24 heavy (non-hydrogen) atoms. The number of benzene rings is 2. The van der Waals surface area contributed by atoms with E-state index in [1.165, 1.54) is 5.56 Å². The minimum atomic E-state index is -0.0115. The third-order valence-electron chi connectivity index (χ3n) is 4.03. The van der Waals surface area contributed by atoms with Gasteiger partial charge in [0.1, 0.15) is 0 Å². The van der Waals surface area contributed by atoms with Gasteiger partial charge in [-0.05, 0) is 43.2 Å². The molecule has 1 aromatic heterocycles. The first-order chi connectivity index (χ1) is 11.6. The summed E-state index contributed by atoms with van der Waals surface area (Å²) in [6.07, 6.45) is 3.39. The number of rotatable bonds is 4. The maximum Gasteiger partial charge on any atom is 0.258 e. The number of amides is 1. The lowest BCUT2D eigenvalue weighted by atomic mass is 10.1. The Hall–Kier alpha value is -2.94. The van der Waals surface area contributed by atoms with Gasteiger partial charge in [0.2, 0.25) is 0 Å². The van der Waals surface area contributed by atoms with E-state index in [1.54, 1.807) is 18.5 Å². The third-order valence-corrected chi connectivity index (χ3v) is 4.03. The summed E-state index contributed by atoms with van der Waals surface area (Å²) in [7, 11) is 0. The third kappa shape index (κ3) is 3.51. The van der Waals surface area contributed by atoms with Gasteiger partial charge in [-0.25, -0.2) is 0 Å². The second-order valence-electron chi connectivity index (χ2n) is 5.90. The Morgan fingerprint density at radius 1 is 0.958 bits per heavy atom. The molecule has 0 radical (unpaired) electrons. The van der Waals surface area contributed by atoms with E-state index < -0.39 is 0 Å². The second-order valence-corrected chi connectivity index (χ2v) is 5.90. The van der Waals surface area contributed by atoms with Gasteiger partial charge < -0.3 is 4.90 Å². The molecule has 3 heteroatoms. The first-order valence-corrected chi connectivity index (χ1v) is 7.98. The Morgan fingerprint density at radius 3 is 2.33 bits per heavy atom. The Morgan fingerprint density at radius 2 is 1.67 bits per heavy atom. The Bertz CT molecular complexity index is 826. The molecule has 0 N–H and O–H groups in total. The number of anilines is 1. The van der Waals surface area contributed by atoms with Crippen molar-refractivity contribution in [1.29, 1.82) is 0 Å². The minimum absolute atomic E-state index is 0.0115. The number of carbonyl (C=O) groups excluding carboxylic acids is 1. The van der Waals surface area contributed by atoms with Crippen molar-refractivity contribution in [3.63, 3.8) is 0 Å². The molecule has 1 heterocycles. The standard InChI is InChI=1S/C21H20N2O/c1-16-8-10-19(11-9-16)23(15-18-6-4-3-5-7-18)21(24)20-12-13-22-14-17(20)2/h3-14H,15H2,1-2H3. The molecule has 2 aromatic carbocycles. The molecule has 3 nitrogen and oxygen atoms in total. The molecular formula is C21H20N2O. The van der Waals surface area contributed by atoms with E-state index in [2.05, 4.69) is 4.98 Å². The Kier molecular flexibility index (Phi) is 4.71. The quantitative estimate of drug-likeness (QED) is 0.707. The number of pyridine rings is 1. The van der Waals surface area contributed by atoms with Gasteiger partial charge in [-0.2, -0.15) is 0 Å². The van der Waals surface area contributed by atoms with E-state index in [9.17, 15) is 4.79 Å². The van der Waals surface area contributed by atoms with Gasteiger partial charge >= 0.3 is 0 Å². The van der Waals surface area contributed by atoms with Crippen molar-refractivity contribution in [3.8, 4) is 0 Å². The summed E-state index contributed by atoms with van der Waals surface area (Å²) in [5.41, 5.74) is 4.73. The van der Waals surface area contributed by atoms with E-state index in [1.807, 2.05) is 73.3 Å². The summed E-state index contributed by atoms with van der Waals surface area (Å²) in [6, 6.07) is 19.9. The Labute approximate surface area is 142 Å². The van der Waals surface area contributed by atoms with Gasteiger partial charge in [0.25, 0.3) is 5.91 Å². The summed E-state index contributed by atoms with van der Waals surface area (Å²) in [5.74, 6) is -0.0115. The molecule has 0 bridgehead atoms. The van der Waals surface area contributed by atoms with Crippen molar-refractivity contribution in [3.05, 3.63) is 95.3 Å². The summed E-state index contributed by atoms with van der Waals surface area (Å²) < 4.78 is 0. The highest BCUT2D eigenvalue weighted by molar-refractivity contribution is 6.06. The van der Waals surface area contributed by atoms with Crippen molar-refractivity contribution < 1.29 is 4.79 Å². The SMILES string of the molecule is Cc1ccc(N(Cc2ccccc2)C(=O)c2ccncc2C)cc1. The molecule has 0 unspecified atom stereocenters. The molecule has 0 fully saturated rings. The summed E-state index contributed by atoms with van der Waals surface area (Å²) in [6.45, 7) is 4.49. The normalized spacial score (nSPS) is 10.4. The van der Waals surface area contributed by atoms with Crippen LogP contribution in [0.2, 0.25) is 0 Å². The summed E-state index contributed by atoms with van der Waals surface area (Å²) >= 11 is 0. The van der Waals surface area contributed by atoms with E-state index in [4.69, 9.17) is 0 Å². The minimum Gasteiger partial charge on any atom is -0.304 e. The average Bonchev–Trinajstić information content (AvgIpc) is 2.61. The first-order valence-electron chi connectivity index (χ1n) is 7.98. The molecule has 0 atom stereocenters. The fourth-order valence-electron chi connectivity index (χ4n) is 2.63. The number of hydrogen-bond acceptors (Lipinski definition) is 2. The Balaban J connectivity index is 1.99. The van der Waals surface area contributed by atoms with Crippen molar-refractivity contribution in [1.82, 2.24) is 4.98 Å². The maximum atomic E-state index is 13.2. The lowest BCUT2D eigenvalue weighted by Gasteiger charge is -2.24. The molecule has 1 amide bonds. The van der Waals surface area contributed by atoms with Crippen LogP contribution in [0.3, 0.4) is 0 Å². The van der Waals surface area contributed by atoms with Crippen LogP contribution >= 0.6 is 0 Å². The largest absolute Gasteiger partial charge is 0.304 e. The van der Waals surface area contributed by atoms with Crippen molar-refractivity contribution in [2.45, 2.75) is 20.4 Å². The van der Waals surface area contributed by atoms with E-state index >= 15 is 0 Å². The maximum absolute atomic E-state index is 13.2. The number of hydrogen-bond donors (Lipinski definition) is 0. The molecule has 0 aliphatic carbocycles. The monoisotopic (exact) mass is 316 g/mol. The fraction of sp³-hybridized carbons (Fsp3) is 0.143. The molecule has 0 aliphatic rings. The van der Waals surface area contributed by atoms with Crippen LogP contribution in [-0.2, 0) is 6.54 Å². The lowest BCUT2D eigenvalue weighted by Crippen LogP contribution is -2.31. The zero-order valence-corrected chi connectivity index (χ0v) is 13.9. The smallest absolute Gasteiger partial charge is 0.258 e. The summed E-state index contributed by atoms with van der Waals surface area (Å²) in [5, 5.41) is 0. The van der Waals surface area contributed by atoms with Gasteiger partial charge in [-0.1, -0.05) is 48.0 Å². The molecule has 3 rings (SSSR count). The van der Waals surface area contributed by atoms with Crippen molar-refractivity contribution in [2.24, 2.45) is 0 Å². The highest BCUT2D eigenvalue weighted by atomic mass is 16.2.